The van der Waals surface area contributed by atoms with Crippen molar-refractivity contribution in [2.45, 2.75) is 13.5 Å². The minimum Gasteiger partial charge on any atom is -0.489 e. The molecule has 0 spiro atoms. The summed E-state index contributed by atoms with van der Waals surface area (Å²) in [5.41, 5.74) is 2.60. The normalized spacial score (nSPS) is 10.3. The fourth-order valence-corrected chi connectivity index (χ4v) is 2.96. The highest BCUT2D eigenvalue weighted by Crippen LogP contribution is 2.23. The van der Waals surface area contributed by atoms with Gasteiger partial charge in [0.1, 0.15) is 12.4 Å². The maximum absolute atomic E-state index is 12.1. The van der Waals surface area contributed by atoms with E-state index in [0.29, 0.717) is 23.1 Å². The van der Waals surface area contributed by atoms with Gasteiger partial charge in [0.15, 0.2) is 0 Å². The lowest BCUT2D eigenvalue weighted by atomic mass is 10.2. The van der Waals surface area contributed by atoms with Gasteiger partial charge in [-0.25, -0.2) is 4.79 Å². The summed E-state index contributed by atoms with van der Waals surface area (Å²) >= 11 is 11.8. The van der Waals surface area contributed by atoms with Gasteiger partial charge in [0.2, 0.25) is 0 Å². The average molecular weight is 429 g/mol. The second kappa shape index (κ2) is 9.45. The largest absolute Gasteiger partial charge is 0.489 e. The van der Waals surface area contributed by atoms with Crippen LogP contribution in [0.15, 0.2) is 66.7 Å². The van der Waals surface area contributed by atoms with E-state index in [2.05, 4.69) is 10.6 Å². The van der Waals surface area contributed by atoms with Crippen LogP contribution in [0, 0.1) is 6.92 Å². The van der Waals surface area contributed by atoms with Gasteiger partial charge in [-0.15, -0.1) is 0 Å². The standard InChI is InChI=1S/C22H18Cl2N2O3/c1-14-12-17(10-11-20(14)29-13-15-6-8-16(23)9-7-15)25-22(28)26-21(27)18-4-2-3-5-19(18)24/h2-12H,13H2,1H3,(H2,25,26,27,28). The number of rotatable bonds is 5. The number of anilines is 1. The van der Waals surface area contributed by atoms with Crippen molar-refractivity contribution < 1.29 is 14.3 Å². The molecule has 0 atom stereocenters. The van der Waals surface area contributed by atoms with Crippen LogP contribution in [0.1, 0.15) is 21.5 Å². The molecule has 29 heavy (non-hydrogen) atoms. The highest BCUT2D eigenvalue weighted by molar-refractivity contribution is 6.34. The summed E-state index contributed by atoms with van der Waals surface area (Å²) in [7, 11) is 0. The lowest BCUT2D eigenvalue weighted by molar-refractivity contribution is 0.0967. The third kappa shape index (κ3) is 5.73. The Hall–Kier alpha value is -3.02. The number of halogens is 2. The molecule has 0 aliphatic rings. The van der Waals surface area contributed by atoms with Gasteiger partial charge in [0.05, 0.1) is 10.6 Å². The molecule has 0 radical (unpaired) electrons. The van der Waals surface area contributed by atoms with Gasteiger partial charge in [-0.2, -0.15) is 0 Å². The summed E-state index contributed by atoms with van der Waals surface area (Å²) in [6.07, 6.45) is 0. The summed E-state index contributed by atoms with van der Waals surface area (Å²) in [5.74, 6) is 0.116. The Balaban J connectivity index is 1.58. The van der Waals surface area contributed by atoms with Gasteiger partial charge in [0, 0.05) is 10.7 Å². The molecule has 2 N–H and O–H groups in total. The molecule has 3 aromatic rings. The van der Waals surface area contributed by atoms with E-state index in [0.717, 1.165) is 11.1 Å². The molecule has 148 valence electrons. The predicted octanol–water partition coefficient (Wildman–Crippen LogP) is 5.84. The van der Waals surface area contributed by atoms with Gasteiger partial charge < -0.3 is 10.1 Å². The first-order valence-corrected chi connectivity index (χ1v) is 9.53. The maximum atomic E-state index is 12.1. The van der Waals surface area contributed by atoms with Crippen LogP contribution < -0.4 is 15.4 Å². The Kier molecular flexibility index (Phi) is 6.75. The highest BCUT2D eigenvalue weighted by Gasteiger charge is 2.13. The molecule has 5 nitrogen and oxygen atoms in total. The second-order valence-electron chi connectivity index (χ2n) is 6.28. The fraction of sp³-hybridized carbons (Fsp3) is 0.0909. The molecule has 0 fully saturated rings. The third-order valence-corrected chi connectivity index (χ3v) is 4.67. The minimum absolute atomic E-state index is 0.228. The van der Waals surface area contributed by atoms with E-state index in [1.807, 2.05) is 31.2 Å². The van der Waals surface area contributed by atoms with Gasteiger partial charge in [-0.3, -0.25) is 10.1 Å². The number of aryl methyl sites for hydroxylation is 1. The van der Waals surface area contributed by atoms with Crippen molar-refractivity contribution in [3.05, 3.63) is 93.5 Å². The number of ether oxygens (including phenoxy) is 1. The molecular formula is C22H18Cl2N2O3. The smallest absolute Gasteiger partial charge is 0.326 e. The number of amides is 3. The number of benzene rings is 3. The Bertz CT molecular complexity index is 1040. The van der Waals surface area contributed by atoms with Crippen molar-refractivity contribution in [1.82, 2.24) is 5.32 Å². The van der Waals surface area contributed by atoms with E-state index in [4.69, 9.17) is 27.9 Å². The van der Waals surface area contributed by atoms with Crippen LogP contribution in [0.5, 0.6) is 5.75 Å². The summed E-state index contributed by atoms with van der Waals surface area (Å²) in [4.78, 5) is 24.3. The zero-order valence-electron chi connectivity index (χ0n) is 15.5. The van der Waals surface area contributed by atoms with Crippen LogP contribution in [0.4, 0.5) is 10.5 Å². The molecule has 0 aromatic heterocycles. The molecule has 0 heterocycles. The Morgan fingerprint density at radius 1 is 0.966 bits per heavy atom. The molecule has 0 aliphatic carbocycles. The maximum Gasteiger partial charge on any atom is 0.326 e. The second-order valence-corrected chi connectivity index (χ2v) is 7.13. The van der Waals surface area contributed by atoms with Crippen LogP contribution in [-0.4, -0.2) is 11.9 Å². The molecule has 0 bridgehead atoms. The molecule has 0 saturated carbocycles. The zero-order valence-corrected chi connectivity index (χ0v) is 17.1. The molecule has 3 aromatic carbocycles. The molecule has 0 aliphatic heterocycles. The van der Waals surface area contributed by atoms with E-state index >= 15 is 0 Å². The van der Waals surface area contributed by atoms with Crippen molar-refractivity contribution in [3.8, 4) is 5.75 Å². The van der Waals surface area contributed by atoms with E-state index < -0.39 is 11.9 Å². The van der Waals surface area contributed by atoms with Crippen molar-refractivity contribution in [2.75, 3.05) is 5.32 Å². The first-order valence-electron chi connectivity index (χ1n) is 8.77. The third-order valence-electron chi connectivity index (χ3n) is 4.09. The molecule has 7 heteroatoms. The number of carbonyl (C=O) groups excluding carboxylic acids is 2. The number of hydrogen-bond acceptors (Lipinski definition) is 3. The van der Waals surface area contributed by atoms with E-state index in [1.54, 1.807) is 42.5 Å². The quantitative estimate of drug-likeness (QED) is 0.535. The fourth-order valence-electron chi connectivity index (χ4n) is 2.61. The number of urea groups is 1. The van der Waals surface area contributed by atoms with Crippen molar-refractivity contribution >= 4 is 40.8 Å². The number of nitrogens with one attached hydrogen (secondary N) is 2. The summed E-state index contributed by atoms with van der Waals surface area (Å²) in [6.45, 7) is 2.27. The highest BCUT2D eigenvalue weighted by atomic mass is 35.5. The minimum atomic E-state index is -0.649. The van der Waals surface area contributed by atoms with Gasteiger partial charge in [-0.05, 0) is 60.5 Å². The lowest BCUT2D eigenvalue weighted by Gasteiger charge is -2.12. The molecular weight excluding hydrogens is 411 g/mol. The number of hydrogen-bond donors (Lipinski definition) is 2. The van der Waals surface area contributed by atoms with Gasteiger partial charge in [0.25, 0.3) is 5.91 Å². The van der Waals surface area contributed by atoms with Crippen molar-refractivity contribution in [1.29, 1.82) is 0 Å². The Morgan fingerprint density at radius 2 is 1.69 bits per heavy atom. The van der Waals surface area contributed by atoms with Gasteiger partial charge in [-0.1, -0.05) is 47.5 Å². The monoisotopic (exact) mass is 428 g/mol. The van der Waals surface area contributed by atoms with Crippen LogP contribution in [0.25, 0.3) is 0 Å². The Morgan fingerprint density at radius 3 is 2.38 bits per heavy atom. The van der Waals surface area contributed by atoms with Crippen molar-refractivity contribution in [3.63, 3.8) is 0 Å². The number of imide groups is 1. The van der Waals surface area contributed by atoms with Gasteiger partial charge >= 0.3 is 6.03 Å². The molecule has 0 saturated heterocycles. The summed E-state index contributed by atoms with van der Waals surface area (Å²) < 4.78 is 5.82. The molecule has 0 unspecified atom stereocenters. The predicted molar refractivity (Wildman–Crippen MR) is 115 cm³/mol. The first-order chi connectivity index (χ1) is 13.9. The van der Waals surface area contributed by atoms with E-state index in [-0.39, 0.29) is 10.6 Å². The van der Waals surface area contributed by atoms with Crippen molar-refractivity contribution in [2.24, 2.45) is 0 Å². The average Bonchev–Trinajstić information content (AvgIpc) is 2.69. The summed E-state index contributed by atoms with van der Waals surface area (Å²) in [6, 6.07) is 18.5. The Labute approximate surface area is 178 Å². The first kappa shape index (κ1) is 20.7. The van der Waals surface area contributed by atoms with Crippen LogP contribution >= 0.6 is 23.2 Å². The topological polar surface area (TPSA) is 67.4 Å². The van der Waals surface area contributed by atoms with E-state index in [1.165, 1.54) is 0 Å². The summed E-state index contributed by atoms with van der Waals surface area (Å²) in [5, 5.41) is 5.83. The number of carbonyl (C=O) groups is 2. The van der Waals surface area contributed by atoms with Crippen LogP contribution in [-0.2, 0) is 6.61 Å². The zero-order chi connectivity index (χ0) is 20.8. The SMILES string of the molecule is Cc1cc(NC(=O)NC(=O)c2ccccc2Cl)ccc1OCc1ccc(Cl)cc1. The van der Waals surface area contributed by atoms with Crippen LogP contribution in [0.3, 0.4) is 0 Å². The van der Waals surface area contributed by atoms with E-state index in [9.17, 15) is 9.59 Å². The van der Waals surface area contributed by atoms with Crippen LogP contribution in [0.2, 0.25) is 10.0 Å². The molecule has 3 amide bonds. The lowest BCUT2D eigenvalue weighted by Crippen LogP contribution is -2.34. The molecule has 3 rings (SSSR count).